The van der Waals surface area contributed by atoms with E-state index in [1.807, 2.05) is 0 Å². The lowest BCUT2D eigenvalue weighted by atomic mass is 10.0. The van der Waals surface area contributed by atoms with E-state index in [0.717, 1.165) is 16.6 Å². The summed E-state index contributed by atoms with van der Waals surface area (Å²) in [5.74, 6) is -0.359. The second-order valence-corrected chi connectivity index (χ2v) is 11.9. The molecular weight excluding hydrogens is 517 g/mol. The standard InChI is InChI=1S/C24H26ClF3N4O3S/c1-23(2,3)32-22(33)19(20(36(32,34)35)15-7-5-4-6-8-15)30-17-9-11-31(12-10-17)21-18(25)13-16(14-29-21)24(26,27)28/h4-8,13-14,17,30H,9-12H2,1-3H3. The van der Waals surface area contributed by atoms with Crippen LogP contribution in [-0.4, -0.2) is 48.3 Å². The molecule has 0 unspecified atom stereocenters. The summed E-state index contributed by atoms with van der Waals surface area (Å²) in [6.07, 6.45) is -2.79. The maximum atomic E-state index is 13.5. The Labute approximate surface area is 213 Å². The van der Waals surface area contributed by atoms with E-state index in [1.54, 1.807) is 56.0 Å². The molecule has 0 radical (unpaired) electrons. The number of piperidine rings is 1. The van der Waals surface area contributed by atoms with Crippen molar-refractivity contribution >= 4 is 38.3 Å². The minimum absolute atomic E-state index is 0.0280. The van der Waals surface area contributed by atoms with Crippen LogP contribution >= 0.6 is 11.6 Å². The molecule has 0 bridgehead atoms. The lowest BCUT2D eigenvalue weighted by Crippen LogP contribution is -2.48. The van der Waals surface area contributed by atoms with Crippen LogP contribution in [0, 0.1) is 0 Å². The summed E-state index contributed by atoms with van der Waals surface area (Å²) < 4.78 is 66.6. The molecule has 1 fully saturated rings. The van der Waals surface area contributed by atoms with Crippen molar-refractivity contribution in [3.05, 3.63) is 64.4 Å². The summed E-state index contributed by atoms with van der Waals surface area (Å²) in [5, 5.41) is 3.08. The zero-order chi connectivity index (χ0) is 26.5. The van der Waals surface area contributed by atoms with Crippen molar-refractivity contribution in [2.24, 2.45) is 0 Å². The van der Waals surface area contributed by atoms with Crippen LogP contribution in [0.4, 0.5) is 19.0 Å². The van der Waals surface area contributed by atoms with Gasteiger partial charge < -0.3 is 10.2 Å². The van der Waals surface area contributed by atoms with E-state index in [2.05, 4.69) is 10.3 Å². The quantitative estimate of drug-likeness (QED) is 0.605. The van der Waals surface area contributed by atoms with Crippen LogP contribution in [0.2, 0.25) is 5.02 Å². The summed E-state index contributed by atoms with van der Waals surface area (Å²) >= 11 is 6.09. The van der Waals surface area contributed by atoms with Crippen molar-refractivity contribution in [1.82, 2.24) is 14.6 Å². The van der Waals surface area contributed by atoms with E-state index in [9.17, 15) is 26.4 Å². The molecule has 1 aromatic heterocycles. The predicted octanol–water partition coefficient (Wildman–Crippen LogP) is 4.65. The van der Waals surface area contributed by atoms with Gasteiger partial charge in [0, 0.05) is 25.3 Å². The summed E-state index contributed by atoms with van der Waals surface area (Å²) in [7, 11) is -4.09. The second kappa shape index (κ2) is 9.26. The third-order valence-electron chi connectivity index (χ3n) is 6.06. The molecule has 4 rings (SSSR count). The van der Waals surface area contributed by atoms with Gasteiger partial charge in [-0.3, -0.25) is 4.79 Å². The average molecular weight is 543 g/mol. The van der Waals surface area contributed by atoms with Gasteiger partial charge in [-0.05, 0) is 45.2 Å². The second-order valence-electron chi connectivity index (χ2n) is 9.75. The molecule has 0 atom stereocenters. The largest absolute Gasteiger partial charge is 0.417 e. The number of carbonyl (C=O) groups excluding carboxylic acids is 1. The number of carbonyl (C=O) groups is 1. The minimum Gasteiger partial charge on any atom is -0.377 e. The highest BCUT2D eigenvalue weighted by Crippen LogP contribution is 2.39. The maximum absolute atomic E-state index is 13.5. The number of nitrogens with zero attached hydrogens (tertiary/aromatic N) is 3. The van der Waals surface area contributed by atoms with Crippen LogP contribution in [0.15, 0.2) is 48.3 Å². The first-order valence-corrected chi connectivity index (χ1v) is 13.2. The number of benzene rings is 1. The van der Waals surface area contributed by atoms with Crippen LogP contribution in [0.3, 0.4) is 0 Å². The molecule has 3 heterocycles. The number of hydrogen-bond acceptors (Lipinski definition) is 6. The first-order valence-electron chi connectivity index (χ1n) is 11.3. The lowest BCUT2D eigenvalue weighted by Gasteiger charge is -2.34. The van der Waals surface area contributed by atoms with Gasteiger partial charge in [-0.2, -0.15) is 13.2 Å². The maximum Gasteiger partial charge on any atom is 0.417 e. The van der Waals surface area contributed by atoms with E-state index in [4.69, 9.17) is 11.6 Å². The molecule has 194 valence electrons. The average Bonchev–Trinajstić information content (AvgIpc) is 2.98. The van der Waals surface area contributed by atoms with Gasteiger partial charge in [-0.25, -0.2) is 17.7 Å². The Morgan fingerprint density at radius 3 is 2.22 bits per heavy atom. The van der Waals surface area contributed by atoms with E-state index >= 15 is 0 Å². The molecule has 1 saturated heterocycles. The van der Waals surface area contributed by atoms with Crippen molar-refractivity contribution in [3.63, 3.8) is 0 Å². The summed E-state index contributed by atoms with van der Waals surface area (Å²) in [5.41, 5.74) is -1.44. The first-order chi connectivity index (χ1) is 16.7. The number of pyridine rings is 1. The summed E-state index contributed by atoms with van der Waals surface area (Å²) in [6.45, 7) is 5.80. The highest BCUT2D eigenvalue weighted by Gasteiger charge is 2.49. The minimum atomic E-state index is -4.54. The molecule has 0 saturated carbocycles. The molecule has 1 amide bonds. The molecular formula is C24H26ClF3N4O3S. The van der Waals surface area contributed by atoms with E-state index in [1.165, 1.54) is 0 Å². The zero-order valence-corrected chi connectivity index (χ0v) is 21.5. The lowest BCUT2D eigenvalue weighted by molar-refractivity contribution is -0.137. The molecule has 0 spiro atoms. The number of alkyl halides is 3. The van der Waals surface area contributed by atoms with Crippen LogP contribution in [0.5, 0.6) is 0 Å². The third-order valence-corrected chi connectivity index (χ3v) is 8.49. The molecule has 2 aliphatic rings. The molecule has 1 aromatic carbocycles. The fourth-order valence-electron chi connectivity index (χ4n) is 4.46. The van der Waals surface area contributed by atoms with Gasteiger partial charge in [0.15, 0.2) is 0 Å². The number of amides is 1. The van der Waals surface area contributed by atoms with Gasteiger partial charge in [0.1, 0.15) is 16.4 Å². The van der Waals surface area contributed by atoms with E-state index in [-0.39, 0.29) is 27.5 Å². The van der Waals surface area contributed by atoms with Crippen LogP contribution in [0.25, 0.3) is 4.91 Å². The number of hydrogen-bond donors (Lipinski definition) is 1. The van der Waals surface area contributed by atoms with Gasteiger partial charge in [-0.1, -0.05) is 41.9 Å². The van der Waals surface area contributed by atoms with Gasteiger partial charge in [0.05, 0.1) is 16.1 Å². The Kier molecular flexibility index (Phi) is 6.76. The summed E-state index contributed by atoms with van der Waals surface area (Å²) in [6, 6.07) is 9.09. The first kappa shape index (κ1) is 26.3. The molecule has 36 heavy (non-hydrogen) atoms. The molecule has 12 heteroatoms. The van der Waals surface area contributed by atoms with E-state index < -0.39 is 33.2 Å². The van der Waals surface area contributed by atoms with Crippen molar-refractivity contribution < 1.29 is 26.4 Å². The predicted molar refractivity (Wildman–Crippen MR) is 132 cm³/mol. The van der Waals surface area contributed by atoms with Gasteiger partial charge in [0.25, 0.3) is 15.9 Å². The smallest absolute Gasteiger partial charge is 0.377 e. The van der Waals surface area contributed by atoms with Crippen molar-refractivity contribution in [1.29, 1.82) is 0 Å². The van der Waals surface area contributed by atoms with Crippen LogP contribution < -0.4 is 10.2 Å². The Morgan fingerprint density at radius 1 is 1.08 bits per heavy atom. The normalized spacial score (nSPS) is 19.2. The highest BCUT2D eigenvalue weighted by atomic mass is 35.5. The van der Waals surface area contributed by atoms with Crippen molar-refractivity contribution in [3.8, 4) is 0 Å². The fourth-order valence-corrected chi connectivity index (χ4v) is 6.80. The van der Waals surface area contributed by atoms with Crippen LogP contribution in [-0.2, 0) is 21.0 Å². The summed E-state index contributed by atoms with van der Waals surface area (Å²) in [4.78, 5) is 19.0. The topological polar surface area (TPSA) is 82.6 Å². The Hall–Kier alpha value is -2.79. The van der Waals surface area contributed by atoms with Crippen molar-refractivity contribution in [2.45, 2.75) is 51.4 Å². The number of anilines is 1. The number of sulfonamides is 1. The molecule has 2 aliphatic heterocycles. The zero-order valence-electron chi connectivity index (χ0n) is 19.9. The molecule has 7 nitrogen and oxygen atoms in total. The molecule has 1 N–H and O–H groups in total. The Morgan fingerprint density at radius 2 is 1.69 bits per heavy atom. The molecule has 0 aliphatic carbocycles. The number of rotatable bonds is 4. The fraction of sp³-hybridized carbons (Fsp3) is 0.417. The van der Waals surface area contributed by atoms with Gasteiger partial charge in [0.2, 0.25) is 0 Å². The van der Waals surface area contributed by atoms with E-state index in [0.29, 0.717) is 31.5 Å². The Bertz CT molecular complexity index is 1300. The van der Waals surface area contributed by atoms with Gasteiger partial charge >= 0.3 is 6.18 Å². The molecule has 2 aromatic rings. The van der Waals surface area contributed by atoms with Crippen LogP contribution in [0.1, 0.15) is 44.7 Å². The monoisotopic (exact) mass is 542 g/mol. The number of halogens is 4. The highest BCUT2D eigenvalue weighted by molar-refractivity contribution is 7.99. The number of nitrogens with one attached hydrogen (secondary N) is 1. The Balaban J connectivity index is 1.57. The van der Waals surface area contributed by atoms with Crippen molar-refractivity contribution in [2.75, 3.05) is 18.0 Å². The third kappa shape index (κ3) is 4.90. The van der Waals surface area contributed by atoms with Gasteiger partial charge in [-0.15, -0.1) is 0 Å². The number of aromatic nitrogens is 1. The SMILES string of the molecule is CC(C)(C)N1C(=O)C(NC2CCN(c3ncc(C(F)(F)F)cc3Cl)CC2)=C(c2ccccc2)S1(=O)=O.